The molecule has 1 aromatic carbocycles. The second-order valence-corrected chi connectivity index (χ2v) is 8.14. The molecule has 1 aromatic heterocycles. The van der Waals surface area contributed by atoms with Gasteiger partial charge in [-0.2, -0.15) is 4.31 Å². The summed E-state index contributed by atoms with van der Waals surface area (Å²) >= 11 is 0. The number of hydrogen-bond donors (Lipinski definition) is 0. The van der Waals surface area contributed by atoms with Crippen LogP contribution in [-0.2, 0) is 10.0 Å². The van der Waals surface area contributed by atoms with Crippen molar-refractivity contribution in [2.45, 2.75) is 24.7 Å². The number of rotatable bonds is 5. The Morgan fingerprint density at radius 2 is 1.96 bits per heavy atom. The van der Waals surface area contributed by atoms with Crippen molar-refractivity contribution in [3.8, 4) is 5.75 Å². The highest BCUT2D eigenvalue weighted by atomic mass is 32.2. The first-order chi connectivity index (χ1) is 12.0. The zero-order valence-corrected chi connectivity index (χ0v) is 14.9. The molecule has 0 radical (unpaired) electrons. The third-order valence-electron chi connectivity index (χ3n) is 4.47. The van der Waals surface area contributed by atoms with Crippen molar-refractivity contribution in [2.24, 2.45) is 5.92 Å². The van der Waals surface area contributed by atoms with Crippen molar-refractivity contribution >= 4 is 10.0 Å². The fourth-order valence-corrected chi connectivity index (χ4v) is 4.47. The lowest BCUT2D eigenvalue weighted by molar-refractivity contribution is 0.184. The molecule has 0 spiro atoms. The van der Waals surface area contributed by atoms with Crippen LogP contribution in [0.25, 0.3) is 0 Å². The fourth-order valence-electron chi connectivity index (χ4n) is 2.94. The van der Waals surface area contributed by atoms with Gasteiger partial charge in [0.05, 0.1) is 6.61 Å². The summed E-state index contributed by atoms with van der Waals surface area (Å²) in [5.74, 6) is 0.372. The number of ether oxygens (including phenoxy) is 1. The minimum Gasteiger partial charge on any atom is -0.493 e. The molecule has 0 atom stereocenters. The monoisotopic (exact) mass is 364 g/mol. The van der Waals surface area contributed by atoms with E-state index in [1.165, 1.54) is 28.6 Å². The molecule has 0 aliphatic carbocycles. The van der Waals surface area contributed by atoms with E-state index in [0.717, 1.165) is 11.3 Å². The van der Waals surface area contributed by atoms with Crippen LogP contribution in [0.4, 0.5) is 4.39 Å². The quantitative estimate of drug-likeness (QED) is 0.818. The minimum absolute atomic E-state index is 0.253. The molecule has 2 heterocycles. The number of hydrogen-bond acceptors (Lipinski definition) is 4. The van der Waals surface area contributed by atoms with Gasteiger partial charge in [0.1, 0.15) is 16.5 Å². The Morgan fingerprint density at radius 3 is 2.64 bits per heavy atom. The molecule has 0 bridgehead atoms. The van der Waals surface area contributed by atoms with Crippen molar-refractivity contribution in [3.05, 3.63) is 54.1 Å². The summed E-state index contributed by atoms with van der Waals surface area (Å²) in [7, 11) is -3.78. The largest absolute Gasteiger partial charge is 0.493 e. The highest BCUT2D eigenvalue weighted by Gasteiger charge is 2.31. The van der Waals surface area contributed by atoms with E-state index >= 15 is 0 Å². The summed E-state index contributed by atoms with van der Waals surface area (Å²) in [5.41, 5.74) is 0.974. The van der Waals surface area contributed by atoms with Gasteiger partial charge in [0.15, 0.2) is 0 Å². The summed E-state index contributed by atoms with van der Waals surface area (Å²) in [5, 5.41) is 0. The van der Waals surface area contributed by atoms with Crippen LogP contribution in [0.15, 0.2) is 47.6 Å². The average molecular weight is 364 g/mol. The molecular weight excluding hydrogens is 343 g/mol. The molecule has 0 saturated carbocycles. The van der Waals surface area contributed by atoms with Crippen LogP contribution >= 0.6 is 0 Å². The third kappa shape index (κ3) is 3.99. The van der Waals surface area contributed by atoms with Crippen molar-refractivity contribution in [3.63, 3.8) is 0 Å². The van der Waals surface area contributed by atoms with Gasteiger partial charge in [-0.3, -0.25) is 4.98 Å². The van der Waals surface area contributed by atoms with E-state index in [1.807, 2.05) is 13.0 Å². The normalized spacial score (nSPS) is 16.7. The molecule has 1 saturated heterocycles. The maximum atomic E-state index is 13.8. The predicted molar refractivity (Wildman–Crippen MR) is 92.4 cm³/mol. The number of halogens is 1. The third-order valence-corrected chi connectivity index (χ3v) is 6.40. The van der Waals surface area contributed by atoms with Crippen LogP contribution in [0.5, 0.6) is 5.75 Å². The molecule has 134 valence electrons. The van der Waals surface area contributed by atoms with Gasteiger partial charge >= 0.3 is 0 Å². The van der Waals surface area contributed by atoms with E-state index in [2.05, 4.69) is 4.98 Å². The molecule has 1 aliphatic heterocycles. The van der Waals surface area contributed by atoms with Crippen LogP contribution in [0.3, 0.4) is 0 Å². The van der Waals surface area contributed by atoms with Gasteiger partial charge < -0.3 is 4.74 Å². The summed E-state index contributed by atoms with van der Waals surface area (Å²) in [6, 6.07) is 7.33. The highest BCUT2D eigenvalue weighted by molar-refractivity contribution is 7.89. The lowest BCUT2D eigenvalue weighted by Gasteiger charge is -2.31. The number of aryl methyl sites for hydroxylation is 1. The molecule has 1 fully saturated rings. The van der Waals surface area contributed by atoms with Crippen LogP contribution in [0.1, 0.15) is 18.4 Å². The van der Waals surface area contributed by atoms with E-state index in [9.17, 15) is 12.8 Å². The molecule has 0 amide bonds. The molecule has 1 aliphatic rings. The van der Waals surface area contributed by atoms with Gasteiger partial charge in [-0.15, -0.1) is 0 Å². The maximum absolute atomic E-state index is 13.8. The van der Waals surface area contributed by atoms with Crippen LogP contribution < -0.4 is 4.74 Å². The van der Waals surface area contributed by atoms with E-state index < -0.39 is 15.8 Å². The fraction of sp³-hybridized carbons (Fsp3) is 0.389. The number of piperidine rings is 1. The number of aromatic nitrogens is 1. The minimum atomic E-state index is -3.78. The first-order valence-corrected chi connectivity index (χ1v) is 9.70. The number of nitrogens with zero attached hydrogens (tertiary/aromatic N) is 2. The predicted octanol–water partition coefficient (Wildman–Crippen LogP) is 3.01. The lowest BCUT2D eigenvalue weighted by Crippen LogP contribution is -2.40. The second-order valence-electron chi connectivity index (χ2n) is 6.23. The van der Waals surface area contributed by atoms with Crippen molar-refractivity contribution in [1.29, 1.82) is 0 Å². The van der Waals surface area contributed by atoms with E-state index in [-0.39, 0.29) is 10.8 Å². The highest BCUT2D eigenvalue weighted by Crippen LogP contribution is 2.26. The molecule has 0 unspecified atom stereocenters. The number of benzene rings is 1. The zero-order valence-electron chi connectivity index (χ0n) is 14.1. The van der Waals surface area contributed by atoms with Crippen molar-refractivity contribution in [1.82, 2.24) is 9.29 Å². The Balaban J connectivity index is 1.59. The number of pyridine rings is 1. The Bertz CT molecular complexity index is 834. The Labute approximate surface area is 147 Å². The number of sulfonamides is 1. The maximum Gasteiger partial charge on any atom is 0.245 e. The van der Waals surface area contributed by atoms with Gasteiger partial charge in [0, 0.05) is 31.0 Å². The van der Waals surface area contributed by atoms with Crippen molar-refractivity contribution < 1.29 is 17.5 Å². The first kappa shape index (κ1) is 17.8. The van der Waals surface area contributed by atoms with Crippen LogP contribution in [0.2, 0.25) is 0 Å². The summed E-state index contributed by atoms with van der Waals surface area (Å²) < 4.78 is 46.2. The van der Waals surface area contributed by atoms with Crippen LogP contribution in [-0.4, -0.2) is 37.4 Å². The Morgan fingerprint density at radius 1 is 1.24 bits per heavy atom. The first-order valence-electron chi connectivity index (χ1n) is 8.26. The van der Waals surface area contributed by atoms with E-state index in [4.69, 9.17) is 4.74 Å². The van der Waals surface area contributed by atoms with E-state index in [1.54, 1.807) is 12.4 Å². The average Bonchev–Trinajstić information content (AvgIpc) is 2.61. The molecule has 25 heavy (non-hydrogen) atoms. The van der Waals surface area contributed by atoms with Gasteiger partial charge in [-0.1, -0.05) is 12.1 Å². The van der Waals surface area contributed by atoms with Gasteiger partial charge in [0.2, 0.25) is 10.0 Å². The SMILES string of the molecule is Cc1cnccc1OCC1CCN(S(=O)(=O)c2ccccc2F)CC1. The zero-order chi connectivity index (χ0) is 17.9. The molecular formula is C18H21FN2O3S. The lowest BCUT2D eigenvalue weighted by atomic mass is 9.99. The standard InChI is InChI=1S/C18H21FN2O3S/c1-14-12-20-9-6-17(14)24-13-15-7-10-21(11-8-15)25(22,23)18-5-3-2-4-16(18)19/h2-6,9,12,15H,7-8,10-11,13H2,1H3. The summed E-state index contributed by atoms with van der Waals surface area (Å²) in [6.07, 6.45) is 4.82. The van der Waals surface area contributed by atoms with Gasteiger partial charge in [-0.05, 0) is 43.9 Å². The molecule has 2 aromatic rings. The van der Waals surface area contributed by atoms with Crippen LogP contribution in [0, 0.1) is 18.7 Å². The summed E-state index contributed by atoms with van der Waals surface area (Å²) in [6.45, 7) is 3.23. The summed E-state index contributed by atoms with van der Waals surface area (Å²) in [4.78, 5) is 3.78. The molecule has 0 N–H and O–H groups in total. The molecule has 5 nitrogen and oxygen atoms in total. The Kier molecular flexibility index (Phi) is 5.34. The van der Waals surface area contributed by atoms with Crippen molar-refractivity contribution in [2.75, 3.05) is 19.7 Å². The van der Waals surface area contributed by atoms with Gasteiger partial charge in [-0.25, -0.2) is 12.8 Å². The second kappa shape index (κ2) is 7.49. The van der Waals surface area contributed by atoms with E-state index in [0.29, 0.717) is 32.5 Å². The molecule has 3 rings (SSSR count). The molecule has 7 heteroatoms. The van der Waals surface area contributed by atoms with Gasteiger partial charge in [0.25, 0.3) is 0 Å². The smallest absolute Gasteiger partial charge is 0.245 e. The Hall–Kier alpha value is -1.99. The topological polar surface area (TPSA) is 59.5 Å².